The fourth-order valence-electron chi connectivity index (χ4n) is 1.38. The number of rotatable bonds is 4. The van der Waals surface area contributed by atoms with Crippen molar-refractivity contribution in [2.45, 2.75) is 19.8 Å². The molecule has 0 atom stereocenters. The fourth-order valence-corrected chi connectivity index (χ4v) is 1.52. The molecule has 12 heavy (non-hydrogen) atoms. The van der Waals surface area contributed by atoms with Gasteiger partial charge in [0.25, 0.3) is 0 Å². The first-order valence-electron chi connectivity index (χ1n) is 4.58. The van der Waals surface area contributed by atoms with Crippen molar-refractivity contribution in [3.05, 3.63) is 0 Å². The Morgan fingerprint density at radius 2 is 2.08 bits per heavy atom. The van der Waals surface area contributed by atoms with Gasteiger partial charge in [-0.25, -0.2) is 0 Å². The van der Waals surface area contributed by atoms with Crippen LogP contribution in [-0.4, -0.2) is 42.6 Å². The van der Waals surface area contributed by atoms with E-state index in [1.807, 2.05) is 6.92 Å². The molecule has 0 radical (unpaired) electrons. The summed E-state index contributed by atoms with van der Waals surface area (Å²) in [6.07, 6.45) is 2.29. The van der Waals surface area contributed by atoms with Crippen LogP contribution in [0.5, 0.6) is 0 Å². The second-order valence-corrected chi connectivity index (χ2v) is 3.96. The quantitative estimate of drug-likeness (QED) is 0.619. The average Bonchev–Trinajstić information content (AvgIpc) is 2.05. The van der Waals surface area contributed by atoms with Crippen LogP contribution < -0.4 is 0 Å². The minimum atomic E-state index is 0.899. The summed E-state index contributed by atoms with van der Waals surface area (Å²) in [5, 5.41) is 0. The largest absolute Gasteiger partial charge is 0.379 e. The van der Waals surface area contributed by atoms with Crippen LogP contribution in [0, 0.1) is 0 Å². The predicted octanol–water partition coefficient (Wildman–Crippen LogP) is 1.49. The summed E-state index contributed by atoms with van der Waals surface area (Å²) in [7, 11) is 0. The van der Waals surface area contributed by atoms with Gasteiger partial charge in [0.1, 0.15) is 0 Å². The Hall–Kier alpha value is 0.0100. The van der Waals surface area contributed by atoms with Gasteiger partial charge in [0, 0.05) is 13.1 Å². The van der Waals surface area contributed by atoms with Crippen molar-refractivity contribution in [3.63, 3.8) is 0 Å². The van der Waals surface area contributed by atoms with E-state index >= 15 is 0 Å². The zero-order chi connectivity index (χ0) is 8.81. The van der Waals surface area contributed by atoms with Gasteiger partial charge in [0.15, 0.2) is 0 Å². The Labute approximate surface area is 79.9 Å². The van der Waals surface area contributed by atoms with Crippen LogP contribution in [0.3, 0.4) is 0 Å². The molecular formula is C9H17NOS. The summed E-state index contributed by atoms with van der Waals surface area (Å²) in [6, 6.07) is 0. The lowest BCUT2D eigenvalue weighted by molar-refractivity contribution is 0.0377. The number of hydrogen-bond donors (Lipinski definition) is 0. The molecule has 0 unspecified atom stereocenters. The molecule has 1 saturated heterocycles. The van der Waals surface area contributed by atoms with E-state index in [9.17, 15) is 0 Å². The van der Waals surface area contributed by atoms with Crippen molar-refractivity contribution in [1.29, 1.82) is 0 Å². The first-order chi connectivity index (χ1) is 5.79. The van der Waals surface area contributed by atoms with E-state index in [1.165, 1.54) is 13.0 Å². The lowest BCUT2D eigenvalue weighted by Crippen LogP contribution is -2.36. The van der Waals surface area contributed by atoms with Crippen LogP contribution in [0.1, 0.15) is 19.8 Å². The first-order valence-corrected chi connectivity index (χ1v) is 4.99. The van der Waals surface area contributed by atoms with Crippen molar-refractivity contribution < 1.29 is 4.74 Å². The summed E-state index contributed by atoms with van der Waals surface area (Å²) >= 11 is 5.02. The van der Waals surface area contributed by atoms with E-state index in [1.54, 1.807) is 0 Å². The zero-order valence-electron chi connectivity index (χ0n) is 7.71. The maximum atomic E-state index is 5.26. The van der Waals surface area contributed by atoms with Crippen LogP contribution in [0.2, 0.25) is 0 Å². The van der Waals surface area contributed by atoms with Gasteiger partial charge < -0.3 is 4.74 Å². The Balaban J connectivity index is 2.01. The molecule has 70 valence electrons. The predicted molar refractivity (Wildman–Crippen MR) is 54.8 cm³/mol. The highest BCUT2D eigenvalue weighted by molar-refractivity contribution is 7.80. The molecule has 2 nitrogen and oxygen atoms in total. The molecule has 1 aliphatic heterocycles. The van der Waals surface area contributed by atoms with Crippen LogP contribution in [0.15, 0.2) is 0 Å². The highest BCUT2D eigenvalue weighted by atomic mass is 32.1. The van der Waals surface area contributed by atoms with E-state index in [0.29, 0.717) is 0 Å². The molecule has 0 aliphatic carbocycles. The zero-order valence-corrected chi connectivity index (χ0v) is 8.53. The van der Waals surface area contributed by atoms with Crippen LogP contribution in [0.4, 0.5) is 0 Å². The van der Waals surface area contributed by atoms with E-state index < -0.39 is 0 Å². The molecule has 0 N–H and O–H groups in total. The molecule has 1 aliphatic rings. The summed E-state index contributed by atoms with van der Waals surface area (Å²) in [6.45, 7) is 7.19. The summed E-state index contributed by atoms with van der Waals surface area (Å²) in [4.78, 5) is 3.57. The number of thiocarbonyl (C=S) groups is 1. The summed E-state index contributed by atoms with van der Waals surface area (Å²) in [5.41, 5.74) is 0. The van der Waals surface area contributed by atoms with Crippen LogP contribution in [0.25, 0.3) is 0 Å². The standard InChI is InChI=1S/C9H17NOS/c1-9(12)3-2-4-10-5-7-11-8-6-10/h2-8H2,1H3. The van der Waals surface area contributed by atoms with Crippen molar-refractivity contribution >= 4 is 17.1 Å². The Morgan fingerprint density at radius 1 is 1.42 bits per heavy atom. The molecule has 3 heteroatoms. The molecule has 1 heterocycles. The second kappa shape index (κ2) is 5.62. The maximum absolute atomic E-state index is 5.26. The smallest absolute Gasteiger partial charge is 0.0594 e. The van der Waals surface area contributed by atoms with Gasteiger partial charge in [0.2, 0.25) is 0 Å². The molecule has 0 amide bonds. The molecule has 0 saturated carbocycles. The average molecular weight is 187 g/mol. The number of ether oxygens (including phenoxy) is 1. The molecule has 1 fully saturated rings. The van der Waals surface area contributed by atoms with E-state index in [-0.39, 0.29) is 0 Å². The Morgan fingerprint density at radius 3 is 2.67 bits per heavy atom. The lowest BCUT2D eigenvalue weighted by atomic mass is 10.2. The van der Waals surface area contributed by atoms with Gasteiger partial charge in [-0.15, -0.1) is 0 Å². The van der Waals surface area contributed by atoms with Gasteiger partial charge in [0.05, 0.1) is 13.2 Å². The van der Waals surface area contributed by atoms with Gasteiger partial charge in [-0.1, -0.05) is 12.2 Å². The van der Waals surface area contributed by atoms with Crippen molar-refractivity contribution in [2.75, 3.05) is 32.8 Å². The molecule has 0 aromatic rings. The van der Waals surface area contributed by atoms with Crippen LogP contribution >= 0.6 is 12.2 Å². The third-order valence-corrected chi connectivity index (χ3v) is 2.31. The number of hydrogen-bond acceptors (Lipinski definition) is 3. The summed E-state index contributed by atoms with van der Waals surface area (Å²) in [5.74, 6) is 0. The molecule has 0 aromatic heterocycles. The lowest BCUT2D eigenvalue weighted by Gasteiger charge is -2.26. The molecule has 0 bridgehead atoms. The third kappa shape index (κ3) is 4.14. The van der Waals surface area contributed by atoms with Gasteiger partial charge >= 0.3 is 0 Å². The van der Waals surface area contributed by atoms with Crippen molar-refractivity contribution in [2.24, 2.45) is 0 Å². The monoisotopic (exact) mass is 187 g/mol. The second-order valence-electron chi connectivity index (χ2n) is 3.26. The minimum absolute atomic E-state index is 0.899. The van der Waals surface area contributed by atoms with Crippen molar-refractivity contribution in [3.8, 4) is 0 Å². The van der Waals surface area contributed by atoms with E-state index in [0.717, 1.165) is 37.6 Å². The van der Waals surface area contributed by atoms with Gasteiger partial charge in [-0.3, -0.25) is 4.90 Å². The highest BCUT2D eigenvalue weighted by Gasteiger charge is 2.08. The SMILES string of the molecule is CC(=S)CCCN1CCOCC1. The Bertz CT molecular complexity index is 143. The number of nitrogens with zero attached hydrogens (tertiary/aromatic N) is 1. The normalized spacial score (nSPS) is 19.4. The van der Waals surface area contributed by atoms with Crippen LogP contribution in [-0.2, 0) is 4.74 Å². The van der Waals surface area contributed by atoms with E-state index in [2.05, 4.69) is 4.90 Å². The first kappa shape index (κ1) is 10.1. The van der Waals surface area contributed by atoms with Crippen molar-refractivity contribution in [1.82, 2.24) is 4.90 Å². The molecule has 1 rings (SSSR count). The molecule has 0 spiro atoms. The summed E-state index contributed by atoms with van der Waals surface area (Å²) < 4.78 is 5.26. The molecular weight excluding hydrogens is 170 g/mol. The number of morpholine rings is 1. The Kier molecular flexibility index (Phi) is 4.73. The maximum Gasteiger partial charge on any atom is 0.0594 e. The molecule has 0 aromatic carbocycles. The topological polar surface area (TPSA) is 12.5 Å². The van der Waals surface area contributed by atoms with Gasteiger partial charge in [-0.2, -0.15) is 0 Å². The van der Waals surface area contributed by atoms with Gasteiger partial charge in [-0.05, 0) is 31.2 Å². The fraction of sp³-hybridized carbons (Fsp3) is 0.889. The highest BCUT2D eigenvalue weighted by Crippen LogP contribution is 2.00. The third-order valence-electron chi connectivity index (χ3n) is 2.11. The minimum Gasteiger partial charge on any atom is -0.379 e. The van der Waals surface area contributed by atoms with E-state index in [4.69, 9.17) is 17.0 Å².